The van der Waals surface area contributed by atoms with Crippen molar-refractivity contribution in [3.63, 3.8) is 0 Å². The van der Waals surface area contributed by atoms with Gasteiger partial charge in [0.25, 0.3) is 0 Å². The summed E-state index contributed by atoms with van der Waals surface area (Å²) < 4.78 is 33.8. The SMILES string of the molecule is C[C@@H](N)c1nc(-c2ccccc2OC(F)F)no1. The topological polar surface area (TPSA) is 74.2 Å². The number of halogens is 2. The molecule has 0 aliphatic carbocycles. The summed E-state index contributed by atoms with van der Waals surface area (Å²) in [6.07, 6.45) is 0. The zero-order valence-electron chi connectivity index (χ0n) is 9.51. The first-order valence-corrected chi connectivity index (χ1v) is 5.21. The van der Waals surface area contributed by atoms with E-state index in [0.717, 1.165) is 0 Å². The minimum Gasteiger partial charge on any atom is -0.434 e. The maximum Gasteiger partial charge on any atom is 0.387 e. The van der Waals surface area contributed by atoms with E-state index in [4.69, 9.17) is 10.3 Å². The van der Waals surface area contributed by atoms with Crippen LogP contribution in [0, 0.1) is 0 Å². The second-order valence-corrected chi connectivity index (χ2v) is 3.62. The van der Waals surface area contributed by atoms with Gasteiger partial charge in [-0.1, -0.05) is 17.3 Å². The van der Waals surface area contributed by atoms with Gasteiger partial charge in [-0.05, 0) is 19.1 Å². The molecular weight excluding hydrogens is 244 g/mol. The Morgan fingerprint density at radius 3 is 2.67 bits per heavy atom. The standard InChI is InChI=1S/C11H11F2N3O2/c1-6(14)10-15-9(16-18-10)7-4-2-3-5-8(7)17-11(12)13/h2-6,11H,14H2,1H3/t6-/m1/s1. The van der Waals surface area contributed by atoms with E-state index in [1.165, 1.54) is 6.07 Å². The van der Waals surface area contributed by atoms with Gasteiger partial charge in [0.15, 0.2) is 0 Å². The number of benzene rings is 1. The lowest BCUT2D eigenvalue weighted by molar-refractivity contribution is -0.0494. The Morgan fingerprint density at radius 2 is 2.06 bits per heavy atom. The number of alkyl halides is 2. The zero-order chi connectivity index (χ0) is 13.1. The first kappa shape index (κ1) is 12.4. The second-order valence-electron chi connectivity index (χ2n) is 3.62. The van der Waals surface area contributed by atoms with Crippen LogP contribution in [0.3, 0.4) is 0 Å². The van der Waals surface area contributed by atoms with E-state index in [9.17, 15) is 8.78 Å². The van der Waals surface area contributed by atoms with E-state index in [0.29, 0.717) is 5.56 Å². The summed E-state index contributed by atoms with van der Waals surface area (Å²) in [5.41, 5.74) is 5.90. The van der Waals surface area contributed by atoms with Crippen LogP contribution in [0.25, 0.3) is 11.4 Å². The molecule has 0 unspecified atom stereocenters. The van der Waals surface area contributed by atoms with Gasteiger partial charge in [0.2, 0.25) is 11.7 Å². The minimum absolute atomic E-state index is 0.00970. The van der Waals surface area contributed by atoms with Gasteiger partial charge in [-0.15, -0.1) is 0 Å². The molecule has 2 N–H and O–H groups in total. The van der Waals surface area contributed by atoms with Crippen molar-refractivity contribution in [3.05, 3.63) is 30.2 Å². The molecular formula is C11H11F2N3O2. The number of hydrogen-bond acceptors (Lipinski definition) is 5. The summed E-state index contributed by atoms with van der Waals surface area (Å²) in [7, 11) is 0. The van der Waals surface area contributed by atoms with Gasteiger partial charge in [-0.25, -0.2) is 0 Å². The van der Waals surface area contributed by atoms with Crippen LogP contribution in [-0.2, 0) is 0 Å². The monoisotopic (exact) mass is 255 g/mol. The van der Waals surface area contributed by atoms with Gasteiger partial charge >= 0.3 is 6.61 Å². The maximum absolute atomic E-state index is 12.2. The van der Waals surface area contributed by atoms with Gasteiger partial charge in [0.05, 0.1) is 11.6 Å². The molecule has 2 rings (SSSR count). The molecule has 5 nitrogen and oxygen atoms in total. The van der Waals surface area contributed by atoms with E-state index in [1.807, 2.05) is 0 Å². The molecule has 1 aromatic carbocycles. The first-order chi connectivity index (χ1) is 8.58. The van der Waals surface area contributed by atoms with Gasteiger partial charge in [0.1, 0.15) is 5.75 Å². The smallest absolute Gasteiger partial charge is 0.387 e. The Hall–Kier alpha value is -2.02. The highest BCUT2D eigenvalue weighted by Gasteiger charge is 2.16. The average molecular weight is 255 g/mol. The summed E-state index contributed by atoms with van der Waals surface area (Å²) in [5.74, 6) is 0.389. The molecule has 0 bridgehead atoms. The average Bonchev–Trinajstić information content (AvgIpc) is 2.78. The van der Waals surface area contributed by atoms with Gasteiger partial charge in [0, 0.05) is 0 Å². The fourth-order valence-corrected chi connectivity index (χ4v) is 1.38. The highest BCUT2D eigenvalue weighted by atomic mass is 19.3. The predicted molar refractivity (Wildman–Crippen MR) is 59.0 cm³/mol. The minimum atomic E-state index is -2.91. The molecule has 7 heteroatoms. The summed E-state index contributed by atoms with van der Waals surface area (Å²) in [4.78, 5) is 4.02. The Morgan fingerprint density at radius 1 is 1.33 bits per heavy atom. The van der Waals surface area contributed by atoms with Gasteiger partial charge in [-0.2, -0.15) is 13.8 Å². The highest BCUT2D eigenvalue weighted by Crippen LogP contribution is 2.29. The number of hydrogen-bond donors (Lipinski definition) is 1. The summed E-state index contributed by atoms with van der Waals surface area (Å²) in [5, 5.41) is 3.68. The maximum atomic E-state index is 12.2. The largest absolute Gasteiger partial charge is 0.434 e. The van der Waals surface area contributed by atoms with Crippen molar-refractivity contribution in [3.8, 4) is 17.1 Å². The van der Waals surface area contributed by atoms with Crippen molar-refractivity contribution < 1.29 is 18.0 Å². The Labute approximate surface area is 102 Å². The number of aromatic nitrogens is 2. The summed E-state index contributed by atoms with van der Waals surface area (Å²) >= 11 is 0. The van der Waals surface area contributed by atoms with Crippen LogP contribution in [0.4, 0.5) is 8.78 Å². The lowest BCUT2D eigenvalue weighted by atomic mass is 10.2. The molecule has 1 heterocycles. The zero-order valence-corrected chi connectivity index (χ0v) is 9.51. The number of rotatable bonds is 4. The lowest BCUT2D eigenvalue weighted by Crippen LogP contribution is -2.05. The van der Waals surface area contributed by atoms with Crippen molar-refractivity contribution in [1.29, 1.82) is 0 Å². The summed E-state index contributed by atoms with van der Waals surface area (Å²) in [6, 6.07) is 5.79. The van der Waals surface area contributed by atoms with Crippen molar-refractivity contribution >= 4 is 0 Å². The molecule has 0 saturated heterocycles. The van der Waals surface area contributed by atoms with Gasteiger partial charge < -0.3 is 15.0 Å². The van der Waals surface area contributed by atoms with Crippen LogP contribution < -0.4 is 10.5 Å². The van der Waals surface area contributed by atoms with Crippen molar-refractivity contribution in [2.75, 3.05) is 0 Å². The molecule has 1 atom stereocenters. The van der Waals surface area contributed by atoms with Crippen LogP contribution in [0.5, 0.6) is 5.75 Å². The number of nitrogens with zero attached hydrogens (tertiary/aromatic N) is 2. The van der Waals surface area contributed by atoms with Crippen LogP contribution in [0.2, 0.25) is 0 Å². The fraction of sp³-hybridized carbons (Fsp3) is 0.273. The molecule has 96 valence electrons. The summed E-state index contributed by atoms with van der Waals surface area (Å²) in [6.45, 7) is -1.23. The molecule has 0 aliphatic heterocycles. The predicted octanol–water partition coefficient (Wildman–Crippen LogP) is 2.36. The molecule has 2 aromatic rings. The third kappa shape index (κ3) is 2.62. The fourth-order valence-electron chi connectivity index (χ4n) is 1.38. The molecule has 18 heavy (non-hydrogen) atoms. The Kier molecular flexibility index (Phi) is 3.52. The van der Waals surface area contributed by atoms with Crippen molar-refractivity contribution in [2.45, 2.75) is 19.6 Å². The molecule has 0 spiro atoms. The van der Waals surface area contributed by atoms with Gasteiger partial charge in [-0.3, -0.25) is 0 Å². The molecule has 0 amide bonds. The third-order valence-electron chi connectivity index (χ3n) is 2.18. The van der Waals surface area contributed by atoms with E-state index in [2.05, 4.69) is 14.9 Å². The number of para-hydroxylation sites is 1. The van der Waals surface area contributed by atoms with E-state index >= 15 is 0 Å². The van der Waals surface area contributed by atoms with E-state index in [-0.39, 0.29) is 17.5 Å². The number of nitrogens with two attached hydrogens (primary N) is 1. The third-order valence-corrected chi connectivity index (χ3v) is 2.18. The normalized spacial score (nSPS) is 12.7. The first-order valence-electron chi connectivity index (χ1n) is 5.21. The van der Waals surface area contributed by atoms with Crippen LogP contribution in [0.15, 0.2) is 28.8 Å². The van der Waals surface area contributed by atoms with E-state index in [1.54, 1.807) is 25.1 Å². The molecule has 0 radical (unpaired) electrons. The van der Waals surface area contributed by atoms with E-state index < -0.39 is 12.7 Å². The van der Waals surface area contributed by atoms with Crippen LogP contribution in [-0.4, -0.2) is 16.8 Å². The number of ether oxygens (including phenoxy) is 1. The molecule has 0 aliphatic rings. The highest BCUT2D eigenvalue weighted by molar-refractivity contribution is 5.63. The molecule has 1 aromatic heterocycles. The Bertz CT molecular complexity index is 529. The van der Waals surface area contributed by atoms with Crippen LogP contribution >= 0.6 is 0 Å². The Balaban J connectivity index is 2.36. The molecule has 0 fully saturated rings. The lowest BCUT2D eigenvalue weighted by Gasteiger charge is -2.07. The van der Waals surface area contributed by atoms with Crippen LogP contribution in [0.1, 0.15) is 18.9 Å². The van der Waals surface area contributed by atoms with Crippen molar-refractivity contribution in [2.24, 2.45) is 5.73 Å². The van der Waals surface area contributed by atoms with Crippen molar-refractivity contribution in [1.82, 2.24) is 10.1 Å². The quantitative estimate of drug-likeness (QED) is 0.907. The molecule has 0 saturated carbocycles. The second kappa shape index (κ2) is 5.09.